The first kappa shape index (κ1) is 18.5. The van der Waals surface area contributed by atoms with Crippen molar-refractivity contribution in [2.75, 3.05) is 0 Å². The highest BCUT2D eigenvalue weighted by Crippen LogP contribution is 2.36. The molecular formula is C28H19N3O. The molecule has 3 aromatic heterocycles. The van der Waals surface area contributed by atoms with E-state index in [9.17, 15) is 0 Å². The summed E-state index contributed by atoms with van der Waals surface area (Å²) in [5.41, 5.74) is 7.85. The summed E-state index contributed by atoms with van der Waals surface area (Å²) in [5, 5.41) is 2.18. The molecule has 0 radical (unpaired) electrons. The Morgan fingerprint density at radius 3 is 2.28 bits per heavy atom. The molecule has 4 nitrogen and oxygen atoms in total. The van der Waals surface area contributed by atoms with E-state index in [0.29, 0.717) is 0 Å². The van der Waals surface area contributed by atoms with Gasteiger partial charge in [0.2, 0.25) is 0 Å². The van der Waals surface area contributed by atoms with Crippen molar-refractivity contribution in [2.24, 2.45) is 0 Å². The number of hydrogen-bond donors (Lipinski definition) is 0. The van der Waals surface area contributed by atoms with Gasteiger partial charge in [-0.1, -0.05) is 60.7 Å². The summed E-state index contributed by atoms with van der Waals surface area (Å²) in [6.07, 6.45) is 3.66. The zero-order chi connectivity index (χ0) is 21.5. The zero-order valence-corrected chi connectivity index (χ0v) is 17.5. The number of rotatable bonds is 3. The number of pyridine rings is 1. The molecule has 0 aliphatic heterocycles. The minimum atomic E-state index is 0.735. The molecule has 6 rings (SSSR count). The number of aromatic nitrogens is 3. The quantitative estimate of drug-likeness (QED) is 0.311. The normalized spacial score (nSPS) is 11.3. The first-order valence-electron chi connectivity index (χ1n) is 10.5. The number of furan rings is 1. The SMILES string of the molecule is Cc1nc(-c2ccc(-c3cccnc3)cc2)cc(-c2cccc3oc4ccccc4c23)n1. The van der Waals surface area contributed by atoms with Gasteiger partial charge in [-0.15, -0.1) is 0 Å². The molecule has 0 fully saturated rings. The highest BCUT2D eigenvalue weighted by atomic mass is 16.3. The molecule has 6 aromatic rings. The first-order chi connectivity index (χ1) is 15.8. The van der Waals surface area contributed by atoms with E-state index < -0.39 is 0 Å². The van der Waals surface area contributed by atoms with Crippen LogP contribution in [0.25, 0.3) is 55.6 Å². The number of benzene rings is 3. The predicted octanol–water partition coefficient (Wildman–Crippen LogP) is 7.08. The summed E-state index contributed by atoms with van der Waals surface area (Å²) in [5.74, 6) is 0.735. The highest BCUT2D eigenvalue weighted by molar-refractivity contribution is 6.12. The van der Waals surface area contributed by atoms with E-state index in [-0.39, 0.29) is 0 Å². The number of hydrogen-bond acceptors (Lipinski definition) is 4. The van der Waals surface area contributed by atoms with Crippen LogP contribution in [0.2, 0.25) is 0 Å². The zero-order valence-electron chi connectivity index (χ0n) is 17.5. The molecule has 0 aliphatic rings. The van der Waals surface area contributed by atoms with Crippen LogP contribution in [0.15, 0.2) is 102 Å². The number of para-hydroxylation sites is 1. The molecule has 0 saturated heterocycles. The predicted molar refractivity (Wildman–Crippen MR) is 128 cm³/mol. The second-order valence-electron chi connectivity index (χ2n) is 7.78. The summed E-state index contributed by atoms with van der Waals surface area (Å²) >= 11 is 0. The molecule has 3 heterocycles. The second kappa shape index (κ2) is 7.43. The maximum Gasteiger partial charge on any atom is 0.136 e. The van der Waals surface area contributed by atoms with Gasteiger partial charge in [0.15, 0.2) is 0 Å². The van der Waals surface area contributed by atoms with E-state index in [0.717, 1.165) is 61.4 Å². The van der Waals surface area contributed by atoms with E-state index in [1.807, 2.05) is 49.5 Å². The fraction of sp³-hybridized carbons (Fsp3) is 0.0357. The maximum absolute atomic E-state index is 6.07. The van der Waals surface area contributed by atoms with Crippen molar-refractivity contribution >= 4 is 21.9 Å². The van der Waals surface area contributed by atoms with Gasteiger partial charge in [-0.2, -0.15) is 0 Å². The third kappa shape index (κ3) is 3.13. The molecule has 3 aromatic carbocycles. The summed E-state index contributed by atoms with van der Waals surface area (Å²) in [4.78, 5) is 13.7. The van der Waals surface area contributed by atoms with Gasteiger partial charge in [-0.25, -0.2) is 9.97 Å². The van der Waals surface area contributed by atoms with Gasteiger partial charge in [-0.3, -0.25) is 4.98 Å². The first-order valence-corrected chi connectivity index (χ1v) is 10.5. The minimum absolute atomic E-state index is 0.735. The van der Waals surface area contributed by atoms with Crippen molar-refractivity contribution < 1.29 is 4.42 Å². The highest BCUT2D eigenvalue weighted by Gasteiger charge is 2.14. The van der Waals surface area contributed by atoms with Gasteiger partial charge < -0.3 is 4.42 Å². The summed E-state index contributed by atoms with van der Waals surface area (Å²) < 4.78 is 6.07. The lowest BCUT2D eigenvalue weighted by Crippen LogP contribution is -1.95. The van der Waals surface area contributed by atoms with Crippen molar-refractivity contribution in [3.63, 3.8) is 0 Å². The van der Waals surface area contributed by atoms with Crippen molar-refractivity contribution in [3.8, 4) is 33.6 Å². The van der Waals surface area contributed by atoms with Crippen molar-refractivity contribution in [1.82, 2.24) is 15.0 Å². The molecule has 0 amide bonds. The second-order valence-corrected chi connectivity index (χ2v) is 7.78. The lowest BCUT2D eigenvalue weighted by Gasteiger charge is -2.09. The fourth-order valence-electron chi connectivity index (χ4n) is 4.21. The Labute approximate surface area is 185 Å². The van der Waals surface area contributed by atoms with Crippen LogP contribution in [-0.4, -0.2) is 15.0 Å². The average Bonchev–Trinajstić information content (AvgIpc) is 3.23. The molecule has 0 unspecified atom stereocenters. The van der Waals surface area contributed by atoms with Gasteiger partial charge in [-0.05, 0) is 42.3 Å². The Morgan fingerprint density at radius 2 is 1.44 bits per heavy atom. The summed E-state index contributed by atoms with van der Waals surface area (Å²) in [7, 11) is 0. The standard InChI is InChI=1S/C28H19N3O/c1-18-30-24(20-13-11-19(12-14-20)21-6-5-15-29-17-21)16-25(31-18)22-8-4-10-27-28(22)23-7-2-3-9-26(23)32-27/h2-17H,1H3. The Balaban J connectivity index is 1.48. The molecule has 4 heteroatoms. The maximum atomic E-state index is 6.07. The largest absolute Gasteiger partial charge is 0.456 e. The van der Waals surface area contributed by atoms with Crippen LogP contribution in [0.3, 0.4) is 0 Å². The molecule has 0 atom stereocenters. The smallest absolute Gasteiger partial charge is 0.136 e. The van der Waals surface area contributed by atoms with Gasteiger partial charge in [0.1, 0.15) is 17.0 Å². The molecule has 152 valence electrons. The van der Waals surface area contributed by atoms with Crippen molar-refractivity contribution in [1.29, 1.82) is 0 Å². The van der Waals surface area contributed by atoms with Crippen molar-refractivity contribution in [2.45, 2.75) is 6.92 Å². The monoisotopic (exact) mass is 413 g/mol. The van der Waals surface area contributed by atoms with Gasteiger partial charge in [0, 0.05) is 34.3 Å². The minimum Gasteiger partial charge on any atom is -0.456 e. The number of nitrogens with zero attached hydrogens (tertiary/aromatic N) is 3. The molecule has 0 spiro atoms. The van der Waals surface area contributed by atoms with Crippen LogP contribution < -0.4 is 0 Å². The van der Waals surface area contributed by atoms with E-state index in [1.165, 1.54) is 0 Å². The van der Waals surface area contributed by atoms with Crippen LogP contribution in [0.4, 0.5) is 0 Å². The third-order valence-corrected chi connectivity index (χ3v) is 5.69. The molecule has 0 N–H and O–H groups in total. The average molecular weight is 413 g/mol. The lowest BCUT2D eigenvalue weighted by molar-refractivity contribution is 0.669. The van der Waals surface area contributed by atoms with E-state index in [4.69, 9.17) is 14.4 Å². The number of fused-ring (bicyclic) bond motifs is 3. The summed E-state index contributed by atoms with van der Waals surface area (Å²) in [6, 6.07) is 28.7. The van der Waals surface area contributed by atoms with E-state index in [2.05, 4.69) is 53.5 Å². The molecule has 32 heavy (non-hydrogen) atoms. The Bertz CT molecular complexity index is 1570. The molecule has 0 saturated carbocycles. The van der Waals surface area contributed by atoms with Gasteiger partial charge in [0.05, 0.1) is 11.4 Å². The van der Waals surface area contributed by atoms with Crippen LogP contribution in [0, 0.1) is 6.92 Å². The number of aryl methyl sites for hydroxylation is 1. The van der Waals surface area contributed by atoms with E-state index in [1.54, 1.807) is 6.20 Å². The Kier molecular flexibility index (Phi) is 4.29. The molecule has 0 aliphatic carbocycles. The fourth-order valence-corrected chi connectivity index (χ4v) is 4.21. The van der Waals surface area contributed by atoms with Crippen molar-refractivity contribution in [3.05, 3.63) is 103 Å². The van der Waals surface area contributed by atoms with Crippen LogP contribution in [0.1, 0.15) is 5.82 Å². The van der Waals surface area contributed by atoms with Crippen LogP contribution in [-0.2, 0) is 0 Å². The molecular weight excluding hydrogens is 394 g/mol. The van der Waals surface area contributed by atoms with Crippen LogP contribution in [0.5, 0.6) is 0 Å². The third-order valence-electron chi connectivity index (χ3n) is 5.69. The Hall–Kier alpha value is -4.31. The van der Waals surface area contributed by atoms with Crippen LogP contribution >= 0.6 is 0 Å². The summed E-state index contributed by atoms with van der Waals surface area (Å²) in [6.45, 7) is 1.94. The topological polar surface area (TPSA) is 51.8 Å². The van der Waals surface area contributed by atoms with Gasteiger partial charge >= 0.3 is 0 Å². The van der Waals surface area contributed by atoms with E-state index >= 15 is 0 Å². The Morgan fingerprint density at radius 1 is 0.656 bits per heavy atom. The van der Waals surface area contributed by atoms with Gasteiger partial charge in [0.25, 0.3) is 0 Å². The lowest BCUT2D eigenvalue weighted by atomic mass is 10.0. The molecule has 0 bridgehead atoms.